The minimum absolute atomic E-state index is 0.0386. The molecule has 1 aromatic heterocycles. The number of nitrogens with zero attached hydrogens (tertiary/aromatic N) is 3. The van der Waals surface area contributed by atoms with Crippen LogP contribution >= 0.6 is 0 Å². The SMILES string of the molecule is COCC[C@@H]1CN(C(=O)c2cc(C)nc(C)n2)CCO1. The van der Waals surface area contributed by atoms with Crippen LogP contribution in [0.25, 0.3) is 0 Å². The number of amides is 1. The third-order valence-corrected chi connectivity index (χ3v) is 3.26. The maximum absolute atomic E-state index is 12.5. The van der Waals surface area contributed by atoms with E-state index in [4.69, 9.17) is 9.47 Å². The Morgan fingerprint density at radius 2 is 2.30 bits per heavy atom. The molecule has 1 fully saturated rings. The van der Waals surface area contributed by atoms with E-state index in [2.05, 4.69) is 9.97 Å². The summed E-state index contributed by atoms with van der Waals surface area (Å²) < 4.78 is 10.7. The predicted octanol–water partition coefficient (Wildman–Crippen LogP) is 0.971. The number of aromatic nitrogens is 2. The van der Waals surface area contributed by atoms with Crippen LogP contribution in [-0.4, -0.2) is 60.3 Å². The molecule has 6 nitrogen and oxygen atoms in total. The molecule has 0 unspecified atom stereocenters. The first-order valence-corrected chi connectivity index (χ1v) is 6.82. The van der Waals surface area contributed by atoms with Crippen molar-refractivity contribution in [1.82, 2.24) is 14.9 Å². The van der Waals surface area contributed by atoms with Gasteiger partial charge in [-0.15, -0.1) is 0 Å². The summed E-state index contributed by atoms with van der Waals surface area (Å²) in [5.41, 5.74) is 1.27. The molecule has 6 heteroatoms. The lowest BCUT2D eigenvalue weighted by Gasteiger charge is -2.32. The fourth-order valence-electron chi connectivity index (χ4n) is 2.32. The van der Waals surface area contributed by atoms with Gasteiger partial charge in [-0.2, -0.15) is 0 Å². The molecular formula is C14H21N3O3. The molecule has 0 saturated carbocycles. The number of hydrogen-bond acceptors (Lipinski definition) is 5. The molecule has 1 amide bonds. The van der Waals surface area contributed by atoms with Gasteiger partial charge in [-0.1, -0.05) is 0 Å². The van der Waals surface area contributed by atoms with Gasteiger partial charge in [0.05, 0.1) is 12.7 Å². The van der Waals surface area contributed by atoms with Crippen LogP contribution in [0.1, 0.15) is 28.4 Å². The minimum atomic E-state index is -0.0516. The van der Waals surface area contributed by atoms with Crippen molar-refractivity contribution in [2.24, 2.45) is 0 Å². The van der Waals surface area contributed by atoms with E-state index in [0.717, 1.165) is 12.1 Å². The van der Waals surface area contributed by atoms with E-state index < -0.39 is 0 Å². The van der Waals surface area contributed by atoms with Crippen LogP contribution in [0.3, 0.4) is 0 Å². The summed E-state index contributed by atoms with van der Waals surface area (Å²) in [7, 11) is 1.66. The summed E-state index contributed by atoms with van der Waals surface area (Å²) in [5.74, 6) is 0.571. The van der Waals surface area contributed by atoms with Gasteiger partial charge in [0.1, 0.15) is 11.5 Å². The highest BCUT2D eigenvalue weighted by Gasteiger charge is 2.25. The zero-order valence-corrected chi connectivity index (χ0v) is 12.3. The second-order valence-corrected chi connectivity index (χ2v) is 4.97. The van der Waals surface area contributed by atoms with Crippen LogP contribution < -0.4 is 0 Å². The van der Waals surface area contributed by atoms with Crippen LogP contribution in [-0.2, 0) is 9.47 Å². The van der Waals surface area contributed by atoms with Crippen LogP contribution in [0.15, 0.2) is 6.07 Å². The monoisotopic (exact) mass is 279 g/mol. The number of ether oxygens (including phenoxy) is 2. The summed E-state index contributed by atoms with van der Waals surface area (Å²) in [6.07, 6.45) is 0.832. The Morgan fingerprint density at radius 3 is 3.00 bits per heavy atom. The minimum Gasteiger partial charge on any atom is -0.385 e. The standard InChI is InChI=1S/C14H21N3O3/c1-10-8-13(16-11(2)15-10)14(18)17-5-7-20-12(9-17)4-6-19-3/h8,12H,4-7,9H2,1-3H3/t12-/m1/s1. The van der Waals surface area contributed by atoms with Gasteiger partial charge < -0.3 is 14.4 Å². The summed E-state index contributed by atoms with van der Waals surface area (Å²) in [5, 5.41) is 0. The van der Waals surface area contributed by atoms with Crippen LogP contribution in [0.4, 0.5) is 0 Å². The number of carbonyl (C=O) groups excluding carboxylic acids is 1. The lowest BCUT2D eigenvalue weighted by molar-refractivity contribution is -0.0334. The Balaban J connectivity index is 2.04. The molecule has 1 saturated heterocycles. The van der Waals surface area contributed by atoms with E-state index in [1.165, 1.54) is 0 Å². The van der Waals surface area contributed by atoms with Crippen LogP contribution in [0.5, 0.6) is 0 Å². The normalized spacial score (nSPS) is 19.1. The van der Waals surface area contributed by atoms with Gasteiger partial charge in [0.2, 0.25) is 0 Å². The summed E-state index contributed by atoms with van der Waals surface area (Å²) in [6.45, 7) is 6.05. The third-order valence-electron chi connectivity index (χ3n) is 3.26. The predicted molar refractivity (Wildman–Crippen MR) is 73.6 cm³/mol. The molecule has 2 heterocycles. The molecule has 0 spiro atoms. The second kappa shape index (κ2) is 6.76. The lowest BCUT2D eigenvalue weighted by Crippen LogP contribution is -2.46. The molecule has 1 aliphatic rings. The number of carbonyl (C=O) groups is 1. The van der Waals surface area contributed by atoms with Crippen molar-refractivity contribution < 1.29 is 14.3 Å². The number of aryl methyl sites for hydroxylation is 2. The van der Waals surface area contributed by atoms with Gasteiger partial charge >= 0.3 is 0 Å². The second-order valence-electron chi connectivity index (χ2n) is 4.97. The smallest absolute Gasteiger partial charge is 0.272 e. The number of rotatable bonds is 4. The van der Waals surface area contributed by atoms with Gasteiger partial charge in [0.25, 0.3) is 5.91 Å². The van der Waals surface area contributed by atoms with E-state index in [-0.39, 0.29) is 12.0 Å². The molecule has 1 aromatic rings. The summed E-state index contributed by atoms with van der Waals surface area (Å²) in [4.78, 5) is 22.7. The molecule has 0 radical (unpaired) electrons. The zero-order valence-electron chi connectivity index (χ0n) is 12.3. The molecule has 110 valence electrons. The molecule has 0 bridgehead atoms. The zero-order chi connectivity index (χ0) is 14.5. The first kappa shape index (κ1) is 14.9. The molecule has 0 N–H and O–H groups in total. The van der Waals surface area contributed by atoms with Gasteiger partial charge in [-0.25, -0.2) is 9.97 Å². The maximum Gasteiger partial charge on any atom is 0.272 e. The van der Waals surface area contributed by atoms with Crippen molar-refractivity contribution >= 4 is 5.91 Å². The number of morpholine rings is 1. The molecule has 0 aromatic carbocycles. The van der Waals surface area contributed by atoms with Crippen molar-refractivity contribution in [3.8, 4) is 0 Å². The van der Waals surface area contributed by atoms with Crippen molar-refractivity contribution in [3.63, 3.8) is 0 Å². The van der Waals surface area contributed by atoms with E-state index in [0.29, 0.717) is 37.8 Å². The van der Waals surface area contributed by atoms with Crippen molar-refractivity contribution in [3.05, 3.63) is 23.3 Å². The van der Waals surface area contributed by atoms with E-state index in [9.17, 15) is 4.79 Å². The summed E-state index contributed by atoms with van der Waals surface area (Å²) >= 11 is 0. The first-order chi connectivity index (χ1) is 9.60. The van der Waals surface area contributed by atoms with Crippen LogP contribution in [0.2, 0.25) is 0 Å². The van der Waals surface area contributed by atoms with Gasteiger partial charge in [-0.3, -0.25) is 4.79 Å². The fourth-order valence-corrected chi connectivity index (χ4v) is 2.32. The Kier molecular flexibility index (Phi) is 5.03. The molecule has 2 rings (SSSR count). The first-order valence-electron chi connectivity index (χ1n) is 6.82. The largest absolute Gasteiger partial charge is 0.385 e. The number of methoxy groups -OCH3 is 1. The fraction of sp³-hybridized carbons (Fsp3) is 0.643. The summed E-state index contributed by atoms with van der Waals surface area (Å²) in [6, 6.07) is 1.73. The topological polar surface area (TPSA) is 64.5 Å². The van der Waals surface area contributed by atoms with E-state index in [1.54, 1.807) is 25.0 Å². The van der Waals surface area contributed by atoms with Gasteiger partial charge in [0, 0.05) is 32.5 Å². The Bertz CT molecular complexity index is 458. The lowest BCUT2D eigenvalue weighted by atomic mass is 10.2. The van der Waals surface area contributed by atoms with E-state index in [1.807, 2.05) is 6.92 Å². The molecule has 20 heavy (non-hydrogen) atoms. The molecular weight excluding hydrogens is 258 g/mol. The van der Waals surface area contributed by atoms with Crippen molar-refractivity contribution in [2.75, 3.05) is 33.4 Å². The van der Waals surface area contributed by atoms with Gasteiger partial charge in [0.15, 0.2) is 0 Å². The Morgan fingerprint density at radius 1 is 1.50 bits per heavy atom. The maximum atomic E-state index is 12.5. The average Bonchev–Trinajstić information content (AvgIpc) is 2.43. The Labute approximate surface area is 119 Å². The highest BCUT2D eigenvalue weighted by atomic mass is 16.5. The highest BCUT2D eigenvalue weighted by Crippen LogP contribution is 2.12. The van der Waals surface area contributed by atoms with Crippen molar-refractivity contribution in [2.45, 2.75) is 26.4 Å². The van der Waals surface area contributed by atoms with E-state index >= 15 is 0 Å². The number of hydrogen-bond donors (Lipinski definition) is 0. The highest BCUT2D eigenvalue weighted by molar-refractivity contribution is 5.92. The molecule has 0 aliphatic carbocycles. The average molecular weight is 279 g/mol. The molecule has 1 aliphatic heterocycles. The third kappa shape index (κ3) is 3.74. The quantitative estimate of drug-likeness (QED) is 0.821. The van der Waals surface area contributed by atoms with Crippen LogP contribution in [0, 0.1) is 13.8 Å². The Hall–Kier alpha value is -1.53. The van der Waals surface area contributed by atoms with Crippen molar-refractivity contribution in [1.29, 1.82) is 0 Å². The molecule has 1 atom stereocenters. The van der Waals surface area contributed by atoms with Gasteiger partial charge in [-0.05, 0) is 26.3 Å².